The first-order chi connectivity index (χ1) is 10.9. The number of pyridine rings is 1. The van der Waals surface area contributed by atoms with Crippen molar-refractivity contribution < 1.29 is 9.32 Å². The maximum Gasteiger partial charge on any atom is 0.271 e. The number of rotatable bonds is 3. The van der Waals surface area contributed by atoms with Gasteiger partial charge in [0.2, 0.25) is 0 Å². The normalized spacial score (nSPS) is 16.5. The summed E-state index contributed by atoms with van der Waals surface area (Å²) in [5.74, 6) is 0.807. The number of nitrogens with two attached hydrogens (primary N) is 1. The average Bonchev–Trinajstić information content (AvgIpc) is 3.16. The van der Waals surface area contributed by atoms with Crippen molar-refractivity contribution in [1.82, 2.24) is 20.0 Å². The van der Waals surface area contributed by atoms with Crippen molar-refractivity contribution >= 4 is 5.91 Å². The van der Waals surface area contributed by atoms with E-state index in [2.05, 4.69) is 15.1 Å². The van der Waals surface area contributed by atoms with Gasteiger partial charge >= 0.3 is 0 Å². The second-order valence-corrected chi connectivity index (χ2v) is 6.32. The fraction of sp³-hybridized carbons (Fsp3) is 0.500. The summed E-state index contributed by atoms with van der Waals surface area (Å²) >= 11 is 0. The first-order valence-electron chi connectivity index (χ1n) is 7.73. The number of hydrogen-bond acceptors (Lipinski definition) is 6. The molecule has 3 rings (SSSR count). The van der Waals surface area contributed by atoms with Gasteiger partial charge in [-0.25, -0.2) is 4.98 Å². The molecule has 2 heterocycles. The lowest BCUT2D eigenvalue weighted by molar-refractivity contribution is 0.0822. The van der Waals surface area contributed by atoms with Crippen LogP contribution in [0.3, 0.4) is 0 Å². The Morgan fingerprint density at radius 2 is 1.96 bits per heavy atom. The molecule has 0 bridgehead atoms. The molecule has 23 heavy (non-hydrogen) atoms. The Balaban J connectivity index is 1.91. The minimum Gasteiger partial charge on any atom is -0.343 e. The standard InChI is InChI=1S/C16H21N5O2/c1-10-11(6-7-12(18-10)14(22)21(2)3)13-19-15(20-23-13)16(17)8-4-5-9-16/h6-7H,4-5,8-9,17H2,1-3H3. The van der Waals surface area contributed by atoms with E-state index in [0.717, 1.165) is 31.2 Å². The zero-order valence-electron chi connectivity index (χ0n) is 13.7. The summed E-state index contributed by atoms with van der Waals surface area (Å²) in [7, 11) is 3.39. The van der Waals surface area contributed by atoms with Gasteiger partial charge in [-0.1, -0.05) is 18.0 Å². The van der Waals surface area contributed by atoms with Crippen molar-refractivity contribution in [2.24, 2.45) is 5.73 Å². The Kier molecular flexibility index (Phi) is 3.89. The summed E-state index contributed by atoms with van der Waals surface area (Å²) in [5, 5.41) is 4.06. The Morgan fingerprint density at radius 1 is 1.26 bits per heavy atom. The van der Waals surface area contributed by atoms with Crippen LogP contribution in [-0.4, -0.2) is 40.0 Å². The molecule has 2 aromatic rings. The minimum absolute atomic E-state index is 0.141. The van der Waals surface area contributed by atoms with Gasteiger partial charge in [-0.3, -0.25) is 4.79 Å². The van der Waals surface area contributed by atoms with Crippen LogP contribution in [0.1, 0.15) is 47.7 Å². The lowest BCUT2D eigenvalue weighted by atomic mass is 9.98. The van der Waals surface area contributed by atoms with Gasteiger partial charge in [0.25, 0.3) is 11.8 Å². The highest BCUT2D eigenvalue weighted by atomic mass is 16.5. The molecular weight excluding hydrogens is 294 g/mol. The molecule has 0 aromatic carbocycles. The number of carbonyl (C=O) groups excluding carboxylic acids is 1. The van der Waals surface area contributed by atoms with Crippen molar-refractivity contribution in [2.75, 3.05) is 14.1 Å². The van der Waals surface area contributed by atoms with Crippen LogP contribution in [0.2, 0.25) is 0 Å². The monoisotopic (exact) mass is 315 g/mol. The molecule has 7 nitrogen and oxygen atoms in total. The highest BCUT2D eigenvalue weighted by molar-refractivity contribution is 5.92. The molecule has 1 amide bonds. The molecule has 0 saturated heterocycles. The molecule has 1 fully saturated rings. The second-order valence-electron chi connectivity index (χ2n) is 6.32. The number of hydrogen-bond donors (Lipinski definition) is 1. The van der Waals surface area contributed by atoms with E-state index in [9.17, 15) is 4.79 Å². The molecule has 2 N–H and O–H groups in total. The van der Waals surface area contributed by atoms with E-state index in [-0.39, 0.29) is 5.91 Å². The van der Waals surface area contributed by atoms with E-state index in [1.54, 1.807) is 26.2 Å². The van der Waals surface area contributed by atoms with E-state index in [1.165, 1.54) is 4.90 Å². The number of amides is 1. The maximum absolute atomic E-state index is 12.0. The quantitative estimate of drug-likeness (QED) is 0.928. The summed E-state index contributed by atoms with van der Waals surface area (Å²) in [6, 6.07) is 3.45. The molecule has 0 unspecified atom stereocenters. The average molecular weight is 315 g/mol. The van der Waals surface area contributed by atoms with Crippen molar-refractivity contribution in [1.29, 1.82) is 0 Å². The van der Waals surface area contributed by atoms with E-state index in [1.807, 2.05) is 6.92 Å². The van der Waals surface area contributed by atoms with Gasteiger partial charge < -0.3 is 15.2 Å². The van der Waals surface area contributed by atoms with E-state index in [0.29, 0.717) is 23.1 Å². The zero-order valence-corrected chi connectivity index (χ0v) is 13.7. The van der Waals surface area contributed by atoms with Gasteiger partial charge in [-0.15, -0.1) is 0 Å². The summed E-state index contributed by atoms with van der Waals surface area (Å²) in [6.07, 6.45) is 3.92. The number of aromatic nitrogens is 3. The molecular formula is C16H21N5O2. The minimum atomic E-state index is -0.482. The highest BCUT2D eigenvalue weighted by Gasteiger charge is 2.36. The van der Waals surface area contributed by atoms with Gasteiger partial charge in [0.15, 0.2) is 5.82 Å². The first-order valence-corrected chi connectivity index (χ1v) is 7.73. The predicted octanol–water partition coefficient (Wildman–Crippen LogP) is 1.87. The Morgan fingerprint density at radius 3 is 2.57 bits per heavy atom. The van der Waals surface area contributed by atoms with Crippen LogP contribution in [0.5, 0.6) is 0 Å². The SMILES string of the molecule is Cc1nc(C(=O)N(C)C)ccc1-c1nc(C2(N)CCCC2)no1. The summed E-state index contributed by atoms with van der Waals surface area (Å²) < 4.78 is 5.38. The second kappa shape index (κ2) is 5.73. The van der Waals surface area contributed by atoms with Crippen molar-refractivity contribution in [3.8, 4) is 11.5 Å². The first kappa shape index (κ1) is 15.6. The van der Waals surface area contributed by atoms with Gasteiger partial charge in [-0.2, -0.15) is 4.98 Å². The van der Waals surface area contributed by atoms with Crippen LogP contribution < -0.4 is 5.73 Å². The van der Waals surface area contributed by atoms with E-state index >= 15 is 0 Å². The molecule has 0 spiro atoms. The van der Waals surface area contributed by atoms with Crippen LogP contribution in [-0.2, 0) is 5.54 Å². The molecule has 0 atom stereocenters. The number of nitrogens with zero attached hydrogens (tertiary/aromatic N) is 4. The molecule has 0 radical (unpaired) electrons. The van der Waals surface area contributed by atoms with E-state index < -0.39 is 5.54 Å². The van der Waals surface area contributed by atoms with Crippen LogP contribution in [0.15, 0.2) is 16.7 Å². The van der Waals surface area contributed by atoms with Crippen molar-refractivity contribution in [2.45, 2.75) is 38.1 Å². The Labute approximate surface area is 134 Å². The van der Waals surface area contributed by atoms with Gasteiger partial charge in [0.05, 0.1) is 16.8 Å². The zero-order chi connectivity index (χ0) is 16.6. The van der Waals surface area contributed by atoms with Crippen molar-refractivity contribution in [3.63, 3.8) is 0 Å². The Hall–Kier alpha value is -2.28. The van der Waals surface area contributed by atoms with Gasteiger partial charge in [0.1, 0.15) is 5.69 Å². The summed E-state index contributed by atoms with van der Waals surface area (Å²) in [5.41, 5.74) is 7.66. The third-order valence-corrected chi connectivity index (χ3v) is 4.31. The largest absolute Gasteiger partial charge is 0.343 e. The van der Waals surface area contributed by atoms with Crippen LogP contribution in [0, 0.1) is 6.92 Å². The molecule has 122 valence electrons. The fourth-order valence-electron chi connectivity index (χ4n) is 2.90. The molecule has 1 saturated carbocycles. The number of carbonyl (C=O) groups is 1. The lowest BCUT2D eigenvalue weighted by Gasteiger charge is -2.17. The summed E-state index contributed by atoms with van der Waals surface area (Å²) in [6.45, 7) is 1.82. The van der Waals surface area contributed by atoms with Crippen LogP contribution in [0.25, 0.3) is 11.5 Å². The van der Waals surface area contributed by atoms with Gasteiger partial charge in [0, 0.05) is 14.1 Å². The smallest absolute Gasteiger partial charge is 0.271 e. The molecule has 2 aromatic heterocycles. The lowest BCUT2D eigenvalue weighted by Crippen LogP contribution is -2.34. The van der Waals surface area contributed by atoms with Gasteiger partial charge in [-0.05, 0) is 31.9 Å². The Bertz CT molecular complexity index is 732. The topological polar surface area (TPSA) is 98.1 Å². The van der Waals surface area contributed by atoms with Crippen LogP contribution >= 0.6 is 0 Å². The fourth-order valence-corrected chi connectivity index (χ4v) is 2.90. The third-order valence-electron chi connectivity index (χ3n) is 4.31. The van der Waals surface area contributed by atoms with Crippen molar-refractivity contribution in [3.05, 3.63) is 29.3 Å². The molecule has 1 aliphatic carbocycles. The van der Waals surface area contributed by atoms with E-state index in [4.69, 9.17) is 10.3 Å². The third kappa shape index (κ3) is 2.84. The number of aryl methyl sites for hydroxylation is 1. The molecule has 0 aliphatic heterocycles. The predicted molar refractivity (Wildman–Crippen MR) is 84.6 cm³/mol. The molecule has 1 aliphatic rings. The highest BCUT2D eigenvalue weighted by Crippen LogP contribution is 2.35. The maximum atomic E-state index is 12.0. The summed E-state index contributed by atoms with van der Waals surface area (Å²) in [4.78, 5) is 22.3. The molecule has 7 heteroatoms. The van der Waals surface area contributed by atoms with Crippen LogP contribution in [0.4, 0.5) is 0 Å².